The highest BCUT2D eigenvalue weighted by Crippen LogP contribution is 2.10. The second-order valence-corrected chi connectivity index (χ2v) is 6.73. The summed E-state index contributed by atoms with van der Waals surface area (Å²) in [4.78, 5) is 0. The molecule has 3 nitrogen and oxygen atoms in total. The van der Waals surface area contributed by atoms with Gasteiger partial charge in [-0.05, 0) is 26.7 Å². The third-order valence-corrected chi connectivity index (χ3v) is 3.97. The van der Waals surface area contributed by atoms with E-state index in [0.717, 1.165) is 19.6 Å². The first kappa shape index (κ1) is 22.9. The van der Waals surface area contributed by atoms with Crippen LogP contribution >= 0.6 is 0 Å². The lowest BCUT2D eigenvalue weighted by atomic mass is 10.1. The molecule has 0 radical (unpaired) electrons. The number of rotatable bonds is 18. The maximum absolute atomic E-state index is 5.81. The van der Waals surface area contributed by atoms with Gasteiger partial charge in [0.25, 0.3) is 0 Å². The second-order valence-electron chi connectivity index (χ2n) is 6.73. The Labute approximate surface area is 145 Å². The molecule has 0 aromatic rings. The molecule has 0 aliphatic carbocycles. The van der Waals surface area contributed by atoms with Crippen LogP contribution in [-0.4, -0.2) is 38.6 Å². The van der Waals surface area contributed by atoms with Crippen LogP contribution in [0.25, 0.3) is 0 Å². The monoisotopic (exact) mass is 330 g/mol. The summed E-state index contributed by atoms with van der Waals surface area (Å²) in [6.45, 7) is 11.6. The molecular weight excluding hydrogens is 288 g/mol. The van der Waals surface area contributed by atoms with Crippen molar-refractivity contribution in [2.24, 2.45) is 0 Å². The minimum Gasteiger partial charge on any atom is -0.379 e. The molecule has 0 aliphatic heterocycles. The Morgan fingerprint density at radius 1 is 0.565 bits per heavy atom. The number of ether oxygens (including phenoxy) is 3. The van der Waals surface area contributed by atoms with Crippen molar-refractivity contribution in [3.05, 3.63) is 0 Å². The highest BCUT2D eigenvalue weighted by atomic mass is 16.6. The first-order valence-electron chi connectivity index (χ1n) is 10.0. The average Bonchev–Trinajstić information content (AvgIpc) is 2.55. The van der Waals surface area contributed by atoms with E-state index in [1.807, 2.05) is 0 Å². The van der Waals surface area contributed by atoms with Crippen LogP contribution in [-0.2, 0) is 14.2 Å². The van der Waals surface area contributed by atoms with Crippen molar-refractivity contribution >= 4 is 0 Å². The Balaban J connectivity index is 3.25. The first-order chi connectivity index (χ1) is 11.2. The third kappa shape index (κ3) is 18.1. The second kappa shape index (κ2) is 18.2. The highest BCUT2D eigenvalue weighted by molar-refractivity contribution is 4.53. The largest absolute Gasteiger partial charge is 0.379 e. The highest BCUT2D eigenvalue weighted by Gasteiger charge is 2.07. The maximum Gasteiger partial charge on any atom is 0.0781 e. The fourth-order valence-corrected chi connectivity index (χ4v) is 2.49. The Bertz CT molecular complexity index is 221. The normalized spacial score (nSPS) is 14.1. The van der Waals surface area contributed by atoms with E-state index in [-0.39, 0.29) is 12.2 Å². The van der Waals surface area contributed by atoms with E-state index < -0.39 is 0 Å². The third-order valence-electron chi connectivity index (χ3n) is 3.97. The molecule has 0 saturated carbocycles. The zero-order chi connectivity index (χ0) is 17.2. The van der Waals surface area contributed by atoms with Crippen LogP contribution in [0.1, 0.15) is 91.9 Å². The summed E-state index contributed by atoms with van der Waals surface area (Å²) in [7, 11) is 0. The Kier molecular flexibility index (Phi) is 18.1. The lowest BCUT2D eigenvalue weighted by Gasteiger charge is -2.17. The molecule has 23 heavy (non-hydrogen) atoms. The lowest BCUT2D eigenvalue weighted by Crippen LogP contribution is -2.23. The molecule has 0 aromatic carbocycles. The van der Waals surface area contributed by atoms with Gasteiger partial charge in [0.1, 0.15) is 0 Å². The van der Waals surface area contributed by atoms with Gasteiger partial charge in [0.15, 0.2) is 0 Å². The van der Waals surface area contributed by atoms with E-state index in [1.165, 1.54) is 57.8 Å². The van der Waals surface area contributed by atoms with Crippen LogP contribution in [0.2, 0.25) is 0 Å². The molecule has 0 heterocycles. The Morgan fingerprint density at radius 2 is 1.13 bits per heavy atom. The van der Waals surface area contributed by atoms with E-state index in [2.05, 4.69) is 27.7 Å². The van der Waals surface area contributed by atoms with Gasteiger partial charge in [0.05, 0.1) is 25.4 Å². The SMILES string of the molecule is CCCCCCCCCCCOC(C)COC(C)COCCC. The molecule has 0 bridgehead atoms. The van der Waals surface area contributed by atoms with Crippen LogP contribution in [0.5, 0.6) is 0 Å². The summed E-state index contributed by atoms with van der Waals surface area (Å²) < 4.78 is 17.0. The molecule has 0 aliphatic rings. The van der Waals surface area contributed by atoms with Crippen LogP contribution < -0.4 is 0 Å². The minimum absolute atomic E-state index is 0.153. The standard InChI is InChI=1S/C20H42O3/c1-5-7-8-9-10-11-12-13-14-16-22-20(4)18-23-19(3)17-21-15-6-2/h19-20H,5-18H2,1-4H3. The van der Waals surface area contributed by atoms with Crippen molar-refractivity contribution in [1.82, 2.24) is 0 Å². The molecule has 0 fully saturated rings. The molecule has 0 amide bonds. The molecule has 0 rings (SSSR count). The smallest absolute Gasteiger partial charge is 0.0781 e. The van der Waals surface area contributed by atoms with Gasteiger partial charge in [-0.3, -0.25) is 0 Å². The van der Waals surface area contributed by atoms with Crippen molar-refractivity contribution in [3.63, 3.8) is 0 Å². The summed E-state index contributed by atoms with van der Waals surface area (Å²) in [6, 6.07) is 0. The van der Waals surface area contributed by atoms with Crippen LogP contribution in [0.3, 0.4) is 0 Å². The predicted molar refractivity (Wildman–Crippen MR) is 99.2 cm³/mol. The summed E-state index contributed by atoms with van der Waals surface area (Å²) in [5, 5.41) is 0. The van der Waals surface area contributed by atoms with Gasteiger partial charge in [-0.2, -0.15) is 0 Å². The molecule has 3 heteroatoms. The summed E-state index contributed by atoms with van der Waals surface area (Å²) >= 11 is 0. The lowest BCUT2D eigenvalue weighted by molar-refractivity contribution is -0.0573. The topological polar surface area (TPSA) is 27.7 Å². The van der Waals surface area contributed by atoms with Gasteiger partial charge in [0, 0.05) is 13.2 Å². The number of hydrogen-bond donors (Lipinski definition) is 0. The van der Waals surface area contributed by atoms with E-state index >= 15 is 0 Å². The fourth-order valence-electron chi connectivity index (χ4n) is 2.49. The quantitative estimate of drug-likeness (QED) is 0.299. The van der Waals surface area contributed by atoms with Crippen molar-refractivity contribution in [1.29, 1.82) is 0 Å². The van der Waals surface area contributed by atoms with Crippen LogP contribution in [0.15, 0.2) is 0 Å². The Morgan fingerprint density at radius 3 is 1.74 bits per heavy atom. The van der Waals surface area contributed by atoms with Crippen molar-refractivity contribution in [2.45, 2.75) is 104 Å². The zero-order valence-electron chi connectivity index (χ0n) is 16.3. The maximum atomic E-state index is 5.81. The molecule has 0 N–H and O–H groups in total. The molecule has 2 unspecified atom stereocenters. The van der Waals surface area contributed by atoms with Gasteiger partial charge in [-0.1, -0.05) is 65.2 Å². The van der Waals surface area contributed by atoms with E-state index in [4.69, 9.17) is 14.2 Å². The molecule has 0 saturated heterocycles. The van der Waals surface area contributed by atoms with Crippen LogP contribution in [0.4, 0.5) is 0 Å². The van der Waals surface area contributed by atoms with Gasteiger partial charge in [-0.15, -0.1) is 0 Å². The molecular formula is C20H42O3. The number of hydrogen-bond acceptors (Lipinski definition) is 3. The van der Waals surface area contributed by atoms with Gasteiger partial charge >= 0.3 is 0 Å². The van der Waals surface area contributed by atoms with Crippen LogP contribution in [0, 0.1) is 0 Å². The average molecular weight is 331 g/mol. The summed E-state index contributed by atoms with van der Waals surface area (Å²) in [5.41, 5.74) is 0. The van der Waals surface area contributed by atoms with E-state index in [0.29, 0.717) is 13.2 Å². The minimum atomic E-state index is 0.153. The Hall–Kier alpha value is -0.120. The molecule has 2 atom stereocenters. The van der Waals surface area contributed by atoms with E-state index in [1.54, 1.807) is 0 Å². The number of unbranched alkanes of at least 4 members (excludes halogenated alkanes) is 8. The van der Waals surface area contributed by atoms with E-state index in [9.17, 15) is 0 Å². The zero-order valence-corrected chi connectivity index (χ0v) is 16.3. The molecule has 0 spiro atoms. The van der Waals surface area contributed by atoms with Gasteiger partial charge in [-0.25, -0.2) is 0 Å². The van der Waals surface area contributed by atoms with Crippen molar-refractivity contribution in [3.8, 4) is 0 Å². The molecule has 140 valence electrons. The molecule has 0 aromatic heterocycles. The predicted octanol–water partition coefficient (Wildman–Crippen LogP) is 5.75. The van der Waals surface area contributed by atoms with Gasteiger partial charge in [0.2, 0.25) is 0 Å². The summed E-state index contributed by atoms with van der Waals surface area (Å²) in [5.74, 6) is 0. The van der Waals surface area contributed by atoms with Crippen molar-refractivity contribution in [2.75, 3.05) is 26.4 Å². The van der Waals surface area contributed by atoms with Crippen molar-refractivity contribution < 1.29 is 14.2 Å². The fraction of sp³-hybridized carbons (Fsp3) is 1.00. The summed E-state index contributed by atoms with van der Waals surface area (Å²) in [6.07, 6.45) is 13.6. The first-order valence-corrected chi connectivity index (χ1v) is 10.0. The van der Waals surface area contributed by atoms with Gasteiger partial charge < -0.3 is 14.2 Å².